The van der Waals surface area contributed by atoms with Crippen molar-refractivity contribution in [3.63, 3.8) is 0 Å². The summed E-state index contributed by atoms with van der Waals surface area (Å²) in [4.78, 5) is 40.4. The van der Waals surface area contributed by atoms with Gasteiger partial charge in [0.15, 0.2) is 0 Å². The van der Waals surface area contributed by atoms with Gasteiger partial charge in [0, 0.05) is 44.3 Å². The van der Waals surface area contributed by atoms with Crippen LogP contribution >= 0.6 is 0 Å². The number of aromatic nitrogens is 4. The van der Waals surface area contributed by atoms with Crippen LogP contribution in [0, 0.1) is 0 Å². The van der Waals surface area contributed by atoms with E-state index in [0.29, 0.717) is 22.9 Å². The van der Waals surface area contributed by atoms with Gasteiger partial charge < -0.3 is 19.4 Å². The number of hydrogen-bond donors (Lipinski definition) is 2. The number of H-pyrrole nitrogens is 2. The first-order valence-electron chi connectivity index (χ1n) is 15.3. The molecule has 0 amide bonds. The second-order valence-electron chi connectivity index (χ2n) is 11.0. The van der Waals surface area contributed by atoms with Gasteiger partial charge in [-0.1, -0.05) is 24.3 Å². The van der Waals surface area contributed by atoms with Crippen LogP contribution in [0.25, 0.3) is 80.8 Å². The molecule has 8 heteroatoms. The van der Waals surface area contributed by atoms with Crippen molar-refractivity contribution < 1.29 is 19.1 Å². The van der Waals surface area contributed by atoms with Gasteiger partial charge in [0.05, 0.1) is 37.0 Å². The van der Waals surface area contributed by atoms with Gasteiger partial charge in [0.1, 0.15) is 24.1 Å². The fraction of sp³-hybridized carbons (Fsp3) is 0.0500. The summed E-state index contributed by atoms with van der Waals surface area (Å²) in [5, 5.41) is 0. The number of hydrogen-bond acceptors (Lipinski definition) is 6. The maximum atomic E-state index is 11.5. The quantitative estimate of drug-likeness (QED) is 0.129. The lowest BCUT2D eigenvalue weighted by Crippen LogP contribution is -1.90. The molecule has 7 rings (SSSR count). The molecule has 2 aliphatic rings. The smallest absolute Gasteiger partial charge is 0.142 e. The standard InChI is InChI=1S/C40H30N4O4/c1-47-27-9-3-7-25(23-27)39-35-17-13-31(41-35)29(11-5-21-45)33-15-19-37(43-33)40(26-8-4-10-28(24-26)48-2)38-20-16-34(44-38)30(12-6-22-46)32-14-18-36(39)42-32/h3-24,41,44H,1-2H3/b11-5+,12-6+,31-29?,32-30?,33-29?,34-30?,39-35?,39-36?,40-37?,40-38?. The molecule has 5 aromatic rings. The number of methoxy groups -OCH3 is 2. The molecule has 0 unspecified atom stereocenters. The van der Waals surface area contributed by atoms with Crippen molar-refractivity contribution in [2.24, 2.45) is 0 Å². The lowest BCUT2D eigenvalue weighted by Gasteiger charge is -2.07. The number of carbonyl (C=O) groups is 2. The zero-order chi connectivity index (χ0) is 33.0. The monoisotopic (exact) mass is 630 g/mol. The van der Waals surface area contributed by atoms with Crippen LogP contribution in [0.3, 0.4) is 0 Å². The minimum atomic E-state index is 0.689. The van der Waals surface area contributed by atoms with Gasteiger partial charge in [-0.25, -0.2) is 9.97 Å². The topological polar surface area (TPSA) is 110 Å². The van der Waals surface area contributed by atoms with E-state index in [0.717, 1.165) is 79.4 Å². The van der Waals surface area contributed by atoms with Crippen molar-refractivity contribution in [3.8, 4) is 33.8 Å². The molecule has 234 valence electrons. The van der Waals surface area contributed by atoms with Crippen molar-refractivity contribution in [3.05, 3.63) is 119 Å². The molecule has 2 aromatic carbocycles. The Labute approximate surface area is 276 Å². The molecule has 0 saturated carbocycles. The average Bonchev–Trinajstić information content (AvgIpc) is 3.95. The van der Waals surface area contributed by atoms with Crippen LogP contribution in [0.1, 0.15) is 33.9 Å². The van der Waals surface area contributed by atoms with Crippen LogP contribution in [0.15, 0.2) is 84.9 Å². The van der Waals surface area contributed by atoms with E-state index in [-0.39, 0.29) is 0 Å². The van der Waals surface area contributed by atoms with Crippen LogP contribution < -0.4 is 9.47 Å². The second kappa shape index (κ2) is 13.1. The highest BCUT2D eigenvalue weighted by atomic mass is 16.5. The predicted molar refractivity (Wildman–Crippen MR) is 193 cm³/mol. The molecule has 8 nitrogen and oxygen atoms in total. The van der Waals surface area contributed by atoms with Crippen LogP contribution in [0.4, 0.5) is 0 Å². The summed E-state index contributed by atoms with van der Waals surface area (Å²) in [5.74, 6) is 1.42. The zero-order valence-corrected chi connectivity index (χ0v) is 26.2. The Bertz CT molecular complexity index is 2210. The van der Waals surface area contributed by atoms with E-state index in [4.69, 9.17) is 19.4 Å². The van der Waals surface area contributed by atoms with Crippen molar-refractivity contribution in [2.45, 2.75) is 0 Å². The first-order chi connectivity index (χ1) is 23.6. The molecule has 0 saturated heterocycles. The number of aldehydes is 2. The predicted octanol–water partition coefficient (Wildman–Crippen LogP) is 8.43. The first-order valence-corrected chi connectivity index (χ1v) is 15.3. The number of aromatic amines is 2. The Kier molecular flexibility index (Phi) is 8.20. The number of ether oxygens (including phenoxy) is 2. The van der Waals surface area contributed by atoms with Crippen LogP contribution in [0.2, 0.25) is 0 Å². The molecule has 8 bridgehead atoms. The third-order valence-electron chi connectivity index (χ3n) is 8.23. The third kappa shape index (κ3) is 5.67. The highest BCUT2D eigenvalue weighted by Crippen LogP contribution is 2.36. The second-order valence-corrected chi connectivity index (χ2v) is 11.0. The van der Waals surface area contributed by atoms with Crippen LogP contribution in [-0.2, 0) is 9.59 Å². The normalized spacial score (nSPS) is 12.2. The zero-order valence-electron chi connectivity index (χ0n) is 26.2. The molecule has 0 radical (unpaired) electrons. The summed E-state index contributed by atoms with van der Waals surface area (Å²) in [6.45, 7) is 0. The van der Waals surface area contributed by atoms with Gasteiger partial charge in [-0.3, -0.25) is 9.59 Å². The van der Waals surface area contributed by atoms with E-state index in [1.807, 2.05) is 97.1 Å². The van der Waals surface area contributed by atoms with E-state index < -0.39 is 0 Å². The summed E-state index contributed by atoms with van der Waals surface area (Å²) in [5.41, 5.74) is 11.0. The maximum Gasteiger partial charge on any atom is 0.142 e. The highest BCUT2D eigenvalue weighted by molar-refractivity contribution is 5.97. The summed E-state index contributed by atoms with van der Waals surface area (Å²) >= 11 is 0. The largest absolute Gasteiger partial charge is 0.497 e. The summed E-state index contributed by atoms with van der Waals surface area (Å²) in [6.07, 6.45) is 15.8. The lowest BCUT2D eigenvalue weighted by atomic mass is 10.0. The summed E-state index contributed by atoms with van der Waals surface area (Å²) in [6, 6.07) is 23.6. The molecule has 0 atom stereocenters. The van der Waals surface area contributed by atoms with Gasteiger partial charge in [0.2, 0.25) is 0 Å². The number of rotatable bonds is 8. The van der Waals surface area contributed by atoms with E-state index in [9.17, 15) is 9.59 Å². The molecular formula is C40H30N4O4. The fourth-order valence-corrected chi connectivity index (χ4v) is 6.04. The molecule has 3 aromatic heterocycles. The van der Waals surface area contributed by atoms with Crippen molar-refractivity contribution in [1.82, 2.24) is 19.9 Å². The molecule has 0 fully saturated rings. The Morgan fingerprint density at radius 2 is 0.958 bits per heavy atom. The molecule has 48 heavy (non-hydrogen) atoms. The van der Waals surface area contributed by atoms with Crippen molar-refractivity contribution >= 4 is 71.1 Å². The van der Waals surface area contributed by atoms with Crippen molar-refractivity contribution in [1.29, 1.82) is 0 Å². The minimum Gasteiger partial charge on any atom is -0.497 e. The first kappa shape index (κ1) is 30.1. The number of nitrogens with one attached hydrogen (secondary N) is 2. The Morgan fingerprint density at radius 3 is 1.38 bits per heavy atom. The van der Waals surface area contributed by atoms with E-state index in [1.54, 1.807) is 26.4 Å². The lowest BCUT2D eigenvalue weighted by molar-refractivity contribution is -0.104. The summed E-state index contributed by atoms with van der Waals surface area (Å²) in [7, 11) is 3.27. The number of nitrogens with zero attached hydrogens (tertiary/aromatic N) is 2. The van der Waals surface area contributed by atoms with E-state index in [2.05, 4.69) is 9.97 Å². The van der Waals surface area contributed by atoms with Gasteiger partial charge in [0.25, 0.3) is 0 Å². The SMILES string of the molecule is COc1cccc(-c2c3nc(c(/C=C/C=O)c4ccc([nH]4)c(-c4cccc(OC)c4)c4nc(c(/C=C/C=O)c5ccc2[nH]5)C=C4)C=C3)c1. The fourth-order valence-electron chi connectivity index (χ4n) is 6.04. The van der Waals surface area contributed by atoms with Gasteiger partial charge in [-0.2, -0.15) is 0 Å². The number of fused-ring (bicyclic) bond motifs is 8. The molecule has 0 aliphatic carbocycles. The van der Waals surface area contributed by atoms with Gasteiger partial charge in [-0.05, 0) is 108 Å². The van der Waals surface area contributed by atoms with Crippen LogP contribution in [-0.4, -0.2) is 46.7 Å². The molecule has 2 N–H and O–H groups in total. The highest BCUT2D eigenvalue weighted by Gasteiger charge is 2.17. The summed E-state index contributed by atoms with van der Waals surface area (Å²) < 4.78 is 11.1. The van der Waals surface area contributed by atoms with Crippen LogP contribution in [0.5, 0.6) is 11.5 Å². The molecule has 0 spiro atoms. The minimum absolute atomic E-state index is 0.689. The van der Waals surface area contributed by atoms with Gasteiger partial charge >= 0.3 is 0 Å². The Hall–Kier alpha value is -6.54. The Balaban J connectivity index is 1.67. The number of allylic oxidation sites excluding steroid dienone is 2. The molecule has 2 aliphatic heterocycles. The van der Waals surface area contributed by atoms with E-state index >= 15 is 0 Å². The van der Waals surface area contributed by atoms with Crippen molar-refractivity contribution in [2.75, 3.05) is 14.2 Å². The number of benzene rings is 2. The average molecular weight is 631 g/mol. The Morgan fingerprint density at radius 1 is 0.542 bits per heavy atom. The third-order valence-corrected chi connectivity index (χ3v) is 8.23. The maximum absolute atomic E-state index is 11.5. The number of carbonyl (C=O) groups excluding carboxylic acids is 2. The van der Waals surface area contributed by atoms with E-state index in [1.165, 1.54) is 12.2 Å². The molecular weight excluding hydrogens is 600 g/mol. The van der Waals surface area contributed by atoms with Gasteiger partial charge in [-0.15, -0.1) is 0 Å². The molecule has 5 heterocycles.